The molecule has 0 heterocycles. The van der Waals surface area contributed by atoms with E-state index in [9.17, 15) is 9.90 Å². The molecule has 4 nitrogen and oxygen atoms in total. The van der Waals surface area contributed by atoms with E-state index in [0.717, 1.165) is 22.0 Å². The monoisotopic (exact) mass is 417 g/mol. The Morgan fingerprint density at radius 1 is 1.27 bits per heavy atom. The summed E-state index contributed by atoms with van der Waals surface area (Å²) in [5, 5.41) is 13.7. The van der Waals surface area contributed by atoms with Gasteiger partial charge in [0, 0.05) is 23.1 Å². The second kappa shape index (κ2) is 10.3. The Kier molecular flexibility index (Phi) is 8.04. The van der Waals surface area contributed by atoms with Gasteiger partial charge in [0.15, 0.2) is 0 Å². The first kappa shape index (κ1) is 20.4. The molecule has 0 saturated heterocycles. The van der Waals surface area contributed by atoms with Crippen LogP contribution in [0.3, 0.4) is 0 Å². The van der Waals surface area contributed by atoms with Crippen LogP contribution in [0.15, 0.2) is 59.1 Å². The summed E-state index contributed by atoms with van der Waals surface area (Å²) in [7, 11) is 1.36. The number of ether oxygens (including phenoxy) is 1. The Balaban J connectivity index is 1.82. The molecular formula is C21H24BrNO3. The highest BCUT2D eigenvalue weighted by atomic mass is 79.9. The van der Waals surface area contributed by atoms with Crippen molar-refractivity contribution in [3.63, 3.8) is 0 Å². The van der Waals surface area contributed by atoms with Gasteiger partial charge in [0.05, 0.1) is 13.2 Å². The molecule has 0 spiro atoms. The van der Waals surface area contributed by atoms with Gasteiger partial charge in [-0.2, -0.15) is 0 Å². The Morgan fingerprint density at radius 3 is 2.65 bits per heavy atom. The molecule has 2 atom stereocenters. The highest BCUT2D eigenvalue weighted by Crippen LogP contribution is 2.18. The van der Waals surface area contributed by atoms with Crippen molar-refractivity contribution in [2.45, 2.75) is 25.5 Å². The summed E-state index contributed by atoms with van der Waals surface area (Å²) in [6.45, 7) is 2.59. The third kappa shape index (κ3) is 6.75. The quantitative estimate of drug-likeness (QED) is 0.505. The van der Waals surface area contributed by atoms with E-state index in [4.69, 9.17) is 0 Å². The number of methoxy groups -OCH3 is 1. The number of hydrogen-bond donors (Lipinski definition) is 2. The number of halogens is 1. The number of esters is 1. The SMILES string of the molecule is COC(=O)/C=C/c1ccc(CC(C)NCC(O)c2cccc(Br)c2)cc1. The summed E-state index contributed by atoms with van der Waals surface area (Å²) < 4.78 is 5.54. The molecule has 2 rings (SSSR count). The molecule has 0 radical (unpaired) electrons. The molecule has 0 aliphatic heterocycles. The lowest BCUT2D eigenvalue weighted by Gasteiger charge is -2.18. The van der Waals surface area contributed by atoms with Gasteiger partial charge in [-0.25, -0.2) is 4.79 Å². The number of rotatable bonds is 8. The molecule has 2 N–H and O–H groups in total. The minimum absolute atomic E-state index is 0.230. The zero-order chi connectivity index (χ0) is 18.9. The first-order valence-electron chi connectivity index (χ1n) is 8.50. The molecular weight excluding hydrogens is 394 g/mol. The van der Waals surface area contributed by atoms with Crippen molar-refractivity contribution in [1.29, 1.82) is 0 Å². The van der Waals surface area contributed by atoms with Gasteiger partial charge in [0.1, 0.15) is 0 Å². The van der Waals surface area contributed by atoms with Crippen LogP contribution in [-0.2, 0) is 16.0 Å². The number of aliphatic hydroxyl groups excluding tert-OH is 1. The smallest absolute Gasteiger partial charge is 0.330 e. The predicted octanol–water partition coefficient (Wildman–Crippen LogP) is 3.89. The van der Waals surface area contributed by atoms with E-state index < -0.39 is 6.10 Å². The van der Waals surface area contributed by atoms with E-state index in [2.05, 4.69) is 32.9 Å². The molecule has 0 fully saturated rings. The number of nitrogens with one attached hydrogen (secondary N) is 1. The molecule has 0 aromatic heterocycles. The second-order valence-electron chi connectivity index (χ2n) is 6.18. The maximum absolute atomic E-state index is 11.1. The van der Waals surface area contributed by atoms with Gasteiger partial charge in [-0.15, -0.1) is 0 Å². The van der Waals surface area contributed by atoms with E-state index in [0.29, 0.717) is 6.54 Å². The minimum atomic E-state index is -0.541. The molecule has 0 bridgehead atoms. The Bertz CT molecular complexity index is 743. The molecule has 2 aromatic carbocycles. The van der Waals surface area contributed by atoms with Crippen LogP contribution in [0.2, 0.25) is 0 Å². The molecule has 2 aromatic rings. The van der Waals surface area contributed by atoms with E-state index in [1.807, 2.05) is 48.5 Å². The number of carbonyl (C=O) groups excluding carboxylic acids is 1. The van der Waals surface area contributed by atoms with Gasteiger partial charge in [-0.05, 0) is 48.2 Å². The van der Waals surface area contributed by atoms with Crippen LogP contribution >= 0.6 is 15.9 Å². The highest BCUT2D eigenvalue weighted by Gasteiger charge is 2.10. The largest absolute Gasteiger partial charge is 0.466 e. The van der Waals surface area contributed by atoms with Crippen LogP contribution in [0, 0.1) is 0 Å². The van der Waals surface area contributed by atoms with Gasteiger partial charge >= 0.3 is 5.97 Å². The van der Waals surface area contributed by atoms with Crippen molar-refractivity contribution in [2.24, 2.45) is 0 Å². The fraction of sp³-hybridized carbons (Fsp3) is 0.286. The lowest BCUT2D eigenvalue weighted by Crippen LogP contribution is -2.32. The topological polar surface area (TPSA) is 58.6 Å². The summed E-state index contributed by atoms with van der Waals surface area (Å²) in [5.41, 5.74) is 3.03. The van der Waals surface area contributed by atoms with Crippen molar-refractivity contribution in [2.75, 3.05) is 13.7 Å². The third-order valence-corrected chi connectivity index (χ3v) is 4.52. The molecule has 5 heteroatoms. The second-order valence-corrected chi connectivity index (χ2v) is 7.10. The molecule has 0 amide bonds. The molecule has 26 heavy (non-hydrogen) atoms. The summed E-state index contributed by atoms with van der Waals surface area (Å²) in [6, 6.07) is 16.0. The van der Waals surface area contributed by atoms with Crippen LogP contribution in [0.25, 0.3) is 6.08 Å². The molecule has 2 unspecified atom stereocenters. The van der Waals surface area contributed by atoms with Crippen LogP contribution in [-0.4, -0.2) is 30.8 Å². The molecule has 0 aliphatic rings. The van der Waals surface area contributed by atoms with Gasteiger partial charge < -0.3 is 15.2 Å². The van der Waals surface area contributed by atoms with E-state index in [1.165, 1.54) is 18.7 Å². The van der Waals surface area contributed by atoms with Crippen molar-refractivity contribution in [3.8, 4) is 0 Å². The summed E-state index contributed by atoms with van der Waals surface area (Å²) in [5.74, 6) is -0.365. The first-order valence-corrected chi connectivity index (χ1v) is 9.29. The number of hydrogen-bond acceptors (Lipinski definition) is 4. The predicted molar refractivity (Wildman–Crippen MR) is 108 cm³/mol. The number of carbonyl (C=O) groups is 1. The van der Waals surface area contributed by atoms with E-state index in [-0.39, 0.29) is 12.0 Å². The zero-order valence-electron chi connectivity index (χ0n) is 15.0. The average molecular weight is 418 g/mol. The Labute approximate surface area is 163 Å². The van der Waals surface area contributed by atoms with Gasteiger partial charge in [-0.3, -0.25) is 0 Å². The molecule has 0 aliphatic carbocycles. The van der Waals surface area contributed by atoms with Gasteiger partial charge in [-0.1, -0.05) is 52.3 Å². The average Bonchev–Trinajstić information content (AvgIpc) is 2.65. The van der Waals surface area contributed by atoms with Crippen molar-refractivity contribution < 1.29 is 14.6 Å². The zero-order valence-corrected chi connectivity index (χ0v) is 16.6. The standard InChI is InChI=1S/C21H24BrNO3/c1-15(23-14-20(24)18-4-3-5-19(22)13-18)12-17-8-6-16(7-9-17)10-11-21(25)26-2/h3-11,13,15,20,23-24H,12,14H2,1-2H3/b11-10+. The van der Waals surface area contributed by atoms with Crippen LogP contribution in [0.4, 0.5) is 0 Å². The maximum atomic E-state index is 11.1. The van der Waals surface area contributed by atoms with Gasteiger partial charge in [0.2, 0.25) is 0 Å². The maximum Gasteiger partial charge on any atom is 0.330 e. The fourth-order valence-electron chi connectivity index (χ4n) is 2.57. The molecule has 0 saturated carbocycles. The van der Waals surface area contributed by atoms with Crippen LogP contribution in [0.1, 0.15) is 29.7 Å². The summed E-state index contributed by atoms with van der Waals surface area (Å²) in [6.07, 6.45) is 3.45. The fourth-order valence-corrected chi connectivity index (χ4v) is 2.98. The first-order chi connectivity index (χ1) is 12.5. The highest BCUT2D eigenvalue weighted by molar-refractivity contribution is 9.10. The lowest BCUT2D eigenvalue weighted by atomic mass is 10.0. The van der Waals surface area contributed by atoms with Crippen molar-refractivity contribution in [3.05, 3.63) is 75.8 Å². The van der Waals surface area contributed by atoms with Crippen molar-refractivity contribution in [1.82, 2.24) is 5.32 Å². The normalized spacial score (nSPS) is 13.5. The number of aliphatic hydroxyl groups is 1. The number of benzene rings is 2. The third-order valence-electron chi connectivity index (χ3n) is 4.03. The van der Waals surface area contributed by atoms with Crippen LogP contribution < -0.4 is 5.32 Å². The Morgan fingerprint density at radius 2 is 2.00 bits per heavy atom. The minimum Gasteiger partial charge on any atom is -0.466 e. The lowest BCUT2D eigenvalue weighted by molar-refractivity contribution is -0.134. The summed E-state index contributed by atoms with van der Waals surface area (Å²) in [4.78, 5) is 11.1. The summed E-state index contributed by atoms with van der Waals surface area (Å²) >= 11 is 3.42. The van der Waals surface area contributed by atoms with E-state index >= 15 is 0 Å². The van der Waals surface area contributed by atoms with Crippen LogP contribution in [0.5, 0.6) is 0 Å². The Hall–Kier alpha value is -1.95. The van der Waals surface area contributed by atoms with Gasteiger partial charge in [0.25, 0.3) is 0 Å². The van der Waals surface area contributed by atoms with E-state index in [1.54, 1.807) is 6.08 Å². The molecule has 138 valence electrons. The van der Waals surface area contributed by atoms with Crippen molar-refractivity contribution >= 4 is 28.0 Å².